The molecule has 0 spiro atoms. The smallest absolute Gasteiger partial charge is 0.258 e. The van der Waals surface area contributed by atoms with Crippen molar-refractivity contribution >= 4 is 27.5 Å². The lowest BCUT2D eigenvalue weighted by atomic mass is 10.1. The van der Waals surface area contributed by atoms with Gasteiger partial charge < -0.3 is 10.4 Å². The van der Waals surface area contributed by atoms with Crippen LogP contribution in [0.5, 0.6) is 5.75 Å². The summed E-state index contributed by atoms with van der Waals surface area (Å²) in [5.41, 5.74) is 0.266. The Balaban J connectivity index is 2.40. The number of amides is 1. The molecule has 3 nitrogen and oxygen atoms in total. The minimum absolute atomic E-state index is 0.373. The molecule has 2 N–H and O–H groups in total. The van der Waals surface area contributed by atoms with Crippen molar-refractivity contribution in [2.45, 2.75) is 6.92 Å². The number of hydrogen-bond acceptors (Lipinski definition) is 2. The Bertz CT molecular complexity index is 735. The van der Waals surface area contributed by atoms with E-state index in [0.29, 0.717) is 21.8 Å². The first-order valence-corrected chi connectivity index (χ1v) is 6.55. The van der Waals surface area contributed by atoms with E-state index in [1.54, 1.807) is 25.1 Å². The minimum atomic E-state index is -1.73. The van der Waals surface area contributed by atoms with Gasteiger partial charge in [0, 0.05) is 10.2 Å². The Morgan fingerprint density at radius 3 is 2.57 bits per heavy atom. The van der Waals surface area contributed by atoms with Crippen LogP contribution in [0, 0.1) is 24.4 Å². The lowest BCUT2D eigenvalue weighted by molar-refractivity contribution is 0.102. The zero-order valence-corrected chi connectivity index (χ0v) is 12.3. The number of phenols is 1. The van der Waals surface area contributed by atoms with Crippen LogP contribution in [0.2, 0.25) is 0 Å². The second-order valence-corrected chi connectivity index (χ2v) is 5.10. The number of carbonyl (C=O) groups is 1. The Labute approximate surface area is 126 Å². The highest BCUT2D eigenvalue weighted by molar-refractivity contribution is 9.10. The van der Waals surface area contributed by atoms with Crippen molar-refractivity contribution in [3.63, 3.8) is 0 Å². The monoisotopic (exact) mass is 359 g/mol. The Kier molecular flexibility index (Phi) is 4.22. The van der Waals surface area contributed by atoms with E-state index in [0.717, 1.165) is 0 Å². The number of aromatic hydroxyl groups is 1. The molecule has 0 unspecified atom stereocenters. The molecule has 7 heteroatoms. The summed E-state index contributed by atoms with van der Waals surface area (Å²) >= 11 is 3.26. The quantitative estimate of drug-likeness (QED) is 0.792. The summed E-state index contributed by atoms with van der Waals surface area (Å²) in [6, 6.07) is 5.35. The highest BCUT2D eigenvalue weighted by Crippen LogP contribution is 2.28. The van der Waals surface area contributed by atoms with Crippen LogP contribution >= 0.6 is 15.9 Å². The molecule has 2 rings (SSSR count). The zero-order valence-electron chi connectivity index (χ0n) is 10.7. The van der Waals surface area contributed by atoms with E-state index in [-0.39, 0.29) is 0 Å². The number of benzene rings is 2. The summed E-state index contributed by atoms with van der Waals surface area (Å²) < 4.78 is 40.5. The van der Waals surface area contributed by atoms with Gasteiger partial charge in [-0.1, -0.05) is 22.0 Å². The highest BCUT2D eigenvalue weighted by Gasteiger charge is 2.22. The maximum absolute atomic E-state index is 13.6. The van der Waals surface area contributed by atoms with Gasteiger partial charge in [-0.3, -0.25) is 4.79 Å². The topological polar surface area (TPSA) is 49.3 Å². The van der Waals surface area contributed by atoms with Crippen molar-refractivity contribution in [2.75, 3.05) is 5.32 Å². The van der Waals surface area contributed by atoms with Gasteiger partial charge in [0.05, 0.1) is 5.56 Å². The predicted octanol–water partition coefficient (Wildman–Crippen LogP) is 4.13. The van der Waals surface area contributed by atoms with E-state index in [2.05, 4.69) is 21.2 Å². The van der Waals surface area contributed by atoms with Crippen LogP contribution in [-0.4, -0.2) is 11.0 Å². The van der Waals surface area contributed by atoms with Crippen LogP contribution in [0.1, 0.15) is 15.9 Å². The fourth-order valence-corrected chi connectivity index (χ4v) is 2.05. The Morgan fingerprint density at radius 1 is 1.24 bits per heavy atom. The molecule has 0 bridgehead atoms. The number of carbonyl (C=O) groups excluding carboxylic acids is 1. The molecule has 2 aromatic rings. The average molecular weight is 360 g/mol. The third kappa shape index (κ3) is 2.87. The summed E-state index contributed by atoms with van der Waals surface area (Å²) in [4.78, 5) is 11.9. The Morgan fingerprint density at radius 2 is 1.90 bits per heavy atom. The molecule has 0 radical (unpaired) electrons. The van der Waals surface area contributed by atoms with Crippen LogP contribution in [0.15, 0.2) is 28.7 Å². The van der Waals surface area contributed by atoms with E-state index in [1.807, 2.05) is 0 Å². The summed E-state index contributed by atoms with van der Waals surface area (Å²) in [6.45, 7) is 1.71. The van der Waals surface area contributed by atoms with Crippen molar-refractivity contribution in [3.8, 4) is 5.75 Å². The van der Waals surface area contributed by atoms with E-state index < -0.39 is 34.7 Å². The van der Waals surface area contributed by atoms with Gasteiger partial charge in [0.25, 0.3) is 5.91 Å². The summed E-state index contributed by atoms with van der Waals surface area (Å²) in [5, 5.41) is 11.5. The molecule has 110 valence electrons. The average Bonchev–Trinajstić information content (AvgIpc) is 2.45. The normalized spacial score (nSPS) is 10.5. The predicted molar refractivity (Wildman–Crippen MR) is 74.8 cm³/mol. The van der Waals surface area contributed by atoms with E-state index in [9.17, 15) is 18.0 Å². The van der Waals surface area contributed by atoms with Gasteiger partial charge in [-0.15, -0.1) is 0 Å². The van der Waals surface area contributed by atoms with Crippen LogP contribution in [-0.2, 0) is 0 Å². The fraction of sp³-hybridized carbons (Fsp3) is 0.0714. The van der Waals surface area contributed by atoms with Gasteiger partial charge in [-0.05, 0) is 30.7 Å². The zero-order chi connectivity index (χ0) is 15.7. The third-order valence-corrected chi connectivity index (χ3v) is 3.75. The second-order valence-electron chi connectivity index (χ2n) is 4.25. The first kappa shape index (κ1) is 15.4. The van der Waals surface area contributed by atoms with Crippen LogP contribution in [0.25, 0.3) is 0 Å². The molecule has 0 saturated heterocycles. The van der Waals surface area contributed by atoms with Crippen LogP contribution in [0.4, 0.5) is 18.9 Å². The summed E-state index contributed by atoms with van der Waals surface area (Å²) in [6.07, 6.45) is 0. The highest BCUT2D eigenvalue weighted by atomic mass is 79.9. The fourth-order valence-electron chi connectivity index (χ4n) is 1.69. The molecule has 0 aliphatic heterocycles. The van der Waals surface area contributed by atoms with Gasteiger partial charge in [0.2, 0.25) is 5.82 Å². The molecule has 0 saturated carbocycles. The second kappa shape index (κ2) is 5.77. The number of halogens is 4. The van der Waals surface area contributed by atoms with Crippen LogP contribution in [0.3, 0.4) is 0 Å². The van der Waals surface area contributed by atoms with Gasteiger partial charge in [0.15, 0.2) is 17.4 Å². The number of anilines is 1. The maximum Gasteiger partial charge on any atom is 0.258 e. The summed E-state index contributed by atoms with van der Waals surface area (Å²) in [5.74, 6) is -7.28. The number of phenolic OH excluding ortho intramolecular Hbond substituents is 1. The first-order valence-electron chi connectivity index (χ1n) is 5.76. The molecule has 0 heterocycles. The minimum Gasteiger partial charge on any atom is -0.503 e. The van der Waals surface area contributed by atoms with Gasteiger partial charge in [0.1, 0.15) is 0 Å². The third-order valence-electron chi connectivity index (χ3n) is 2.89. The SMILES string of the molecule is Cc1c(Br)cccc1NC(=O)c1cc(F)c(F)c(O)c1F. The molecule has 0 aromatic heterocycles. The van der Waals surface area contributed by atoms with E-state index in [4.69, 9.17) is 5.11 Å². The molecular weight excluding hydrogens is 351 g/mol. The number of rotatable bonds is 2. The number of hydrogen-bond donors (Lipinski definition) is 2. The Hall–Kier alpha value is -2.02. The lowest BCUT2D eigenvalue weighted by Gasteiger charge is -2.11. The lowest BCUT2D eigenvalue weighted by Crippen LogP contribution is -2.15. The molecule has 0 fully saturated rings. The van der Waals surface area contributed by atoms with Gasteiger partial charge in [-0.25, -0.2) is 8.78 Å². The van der Waals surface area contributed by atoms with Crippen molar-refractivity contribution in [1.29, 1.82) is 0 Å². The molecule has 0 aliphatic rings. The van der Waals surface area contributed by atoms with Crippen molar-refractivity contribution in [2.24, 2.45) is 0 Å². The first-order chi connectivity index (χ1) is 9.82. The van der Waals surface area contributed by atoms with Crippen LogP contribution < -0.4 is 5.32 Å². The van der Waals surface area contributed by atoms with Gasteiger partial charge >= 0.3 is 0 Å². The molecule has 2 aromatic carbocycles. The van der Waals surface area contributed by atoms with Crippen molar-refractivity contribution in [1.82, 2.24) is 0 Å². The van der Waals surface area contributed by atoms with Crippen molar-refractivity contribution in [3.05, 3.63) is 57.3 Å². The largest absolute Gasteiger partial charge is 0.503 e. The molecule has 21 heavy (non-hydrogen) atoms. The van der Waals surface area contributed by atoms with E-state index in [1.165, 1.54) is 0 Å². The number of nitrogens with one attached hydrogen (secondary N) is 1. The summed E-state index contributed by atoms with van der Waals surface area (Å²) in [7, 11) is 0. The van der Waals surface area contributed by atoms with E-state index >= 15 is 0 Å². The molecule has 0 atom stereocenters. The standard InChI is InChI=1S/C14H9BrF3NO2/c1-6-8(15)3-2-4-10(6)19-14(21)7-5-9(16)12(18)13(20)11(7)17/h2-5,20H,1H3,(H,19,21). The molecule has 0 aliphatic carbocycles. The molecular formula is C14H9BrF3NO2. The van der Waals surface area contributed by atoms with Gasteiger partial charge in [-0.2, -0.15) is 4.39 Å². The molecule has 1 amide bonds. The maximum atomic E-state index is 13.6. The van der Waals surface area contributed by atoms with Crippen molar-refractivity contribution < 1.29 is 23.1 Å².